The zero-order valence-electron chi connectivity index (χ0n) is 20.4. The second-order valence-electron chi connectivity index (χ2n) is 8.80. The Hall–Kier alpha value is -4.72. The largest absolute Gasteiger partial charge is 0.467 e. The number of para-hydroxylation sites is 1. The van der Waals surface area contributed by atoms with Crippen molar-refractivity contribution in [1.82, 2.24) is 25.2 Å². The Bertz CT molecular complexity index is 1490. The molecule has 1 atom stereocenters. The van der Waals surface area contributed by atoms with Gasteiger partial charge in [-0.1, -0.05) is 71.9 Å². The van der Waals surface area contributed by atoms with Crippen LogP contribution in [-0.4, -0.2) is 31.7 Å². The van der Waals surface area contributed by atoms with E-state index in [2.05, 4.69) is 15.6 Å². The molecule has 0 aliphatic carbocycles. The lowest BCUT2D eigenvalue weighted by Gasteiger charge is -2.32. The van der Waals surface area contributed by atoms with Crippen molar-refractivity contribution in [1.29, 1.82) is 0 Å². The molecule has 3 aromatic carbocycles. The minimum absolute atomic E-state index is 0.0544. The molecule has 0 saturated heterocycles. The van der Waals surface area contributed by atoms with Crippen LogP contribution in [0, 0.1) is 6.92 Å². The van der Waals surface area contributed by atoms with E-state index in [1.165, 1.54) is 0 Å². The fraction of sp³-hybridized carbons (Fsp3) is 0.172. The number of aromatic nitrogens is 3. The Morgan fingerprint density at radius 3 is 2.49 bits per heavy atom. The summed E-state index contributed by atoms with van der Waals surface area (Å²) in [5.41, 5.74) is 4.04. The molecule has 0 aliphatic rings. The van der Waals surface area contributed by atoms with Crippen LogP contribution in [0.2, 0.25) is 0 Å². The second-order valence-corrected chi connectivity index (χ2v) is 8.80. The Morgan fingerprint density at radius 2 is 1.70 bits per heavy atom. The minimum atomic E-state index is -0.862. The van der Waals surface area contributed by atoms with Gasteiger partial charge in [-0.3, -0.25) is 9.59 Å². The van der Waals surface area contributed by atoms with Crippen LogP contribution >= 0.6 is 0 Å². The predicted molar refractivity (Wildman–Crippen MR) is 139 cm³/mol. The molecule has 2 amide bonds. The van der Waals surface area contributed by atoms with Crippen LogP contribution in [-0.2, 0) is 29.2 Å². The normalized spacial score (nSPS) is 11.8. The van der Waals surface area contributed by atoms with E-state index in [0.717, 1.165) is 22.2 Å². The summed E-state index contributed by atoms with van der Waals surface area (Å²) in [6.45, 7) is 2.36. The molecule has 8 heteroatoms. The fourth-order valence-corrected chi connectivity index (χ4v) is 4.38. The number of aryl methyl sites for hydroxylation is 1. The Balaban J connectivity index is 1.52. The van der Waals surface area contributed by atoms with E-state index >= 15 is 0 Å². The van der Waals surface area contributed by atoms with E-state index in [4.69, 9.17) is 4.42 Å². The summed E-state index contributed by atoms with van der Waals surface area (Å²) in [5.74, 6) is 0.0891. The highest BCUT2D eigenvalue weighted by Crippen LogP contribution is 2.27. The van der Waals surface area contributed by atoms with Gasteiger partial charge in [0.2, 0.25) is 11.8 Å². The maximum atomic E-state index is 14.0. The second kappa shape index (κ2) is 10.9. The number of furan rings is 1. The number of hydrogen-bond donors (Lipinski definition) is 1. The van der Waals surface area contributed by atoms with E-state index in [-0.39, 0.29) is 31.4 Å². The first kappa shape index (κ1) is 24.0. The lowest BCUT2D eigenvalue weighted by Crippen LogP contribution is -2.44. The topological polar surface area (TPSA) is 93.3 Å². The van der Waals surface area contributed by atoms with Gasteiger partial charge in [-0.25, -0.2) is 4.68 Å². The summed E-state index contributed by atoms with van der Waals surface area (Å²) in [6.07, 6.45) is 1.56. The number of rotatable bonds is 9. The van der Waals surface area contributed by atoms with Crippen molar-refractivity contribution in [3.63, 3.8) is 0 Å². The number of fused-ring (bicyclic) bond motifs is 1. The molecule has 5 aromatic rings. The Kier molecular flexibility index (Phi) is 7.07. The molecule has 0 aliphatic heterocycles. The molecule has 0 fully saturated rings. The Labute approximate surface area is 214 Å². The van der Waals surface area contributed by atoms with E-state index in [9.17, 15) is 9.59 Å². The molecule has 0 bridgehead atoms. The van der Waals surface area contributed by atoms with Crippen molar-refractivity contribution in [3.05, 3.63) is 120 Å². The number of nitrogens with zero attached hydrogens (tertiary/aromatic N) is 4. The predicted octanol–water partition coefficient (Wildman–Crippen LogP) is 4.42. The molecule has 8 nitrogen and oxygen atoms in total. The third-order valence-electron chi connectivity index (χ3n) is 6.28. The van der Waals surface area contributed by atoms with Crippen LogP contribution in [0.4, 0.5) is 0 Å². The zero-order valence-corrected chi connectivity index (χ0v) is 20.4. The van der Waals surface area contributed by atoms with Gasteiger partial charge in [0.25, 0.3) is 0 Å². The van der Waals surface area contributed by atoms with Gasteiger partial charge in [0, 0.05) is 6.54 Å². The third kappa shape index (κ3) is 5.43. The van der Waals surface area contributed by atoms with Crippen molar-refractivity contribution in [3.8, 4) is 0 Å². The third-order valence-corrected chi connectivity index (χ3v) is 6.28. The molecule has 0 unspecified atom stereocenters. The molecule has 1 N–H and O–H groups in total. The number of nitrogens with one attached hydrogen (secondary N) is 1. The monoisotopic (exact) mass is 493 g/mol. The van der Waals surface area contributed by atoms with Gasteiger partial charge < -0.3 is 14.6 Å². The van der Waals surface area contributed by atoms with Gasteiger partial charge in [-0.2, -0.15) is 0 Å². The molecule has 186 valence electrons. The van der Waals surface area contributed by atoms with Crippen LogP contribution in [0.25, 0.3) is 11.0 Å². The molecular formula is C29H27N5O3. The van der Waals surface area contributed by atoms with Gasteiger partial charge in [0.05, 0.1) is 18.3 Å². The summed E-state index contributed by atoms with van der Waals surface area (Å²) >= 11 is 0. The fourth-order valence-electron chi connectivity index (χ4n) is 4.38. The molecule has 37 heavy (non-hydrogen) atoms. The van der Waals surface area contributed by atoms with E-state index < -0.39 is 6.04 Å². The summed E-state index contributed by atoms with van der Waals surface area (Å²) in [7, 11) is 0. The maximum Gasteiger partial charge on any atom is 0.247 e. The van der Waals surface area contributed by atoms with Gasteiger partial charge in [0.15, 0.2) is 0 Å². The first-order valence-electron chi connectivity index (χ1n) is 12.1. The van der Waals surface area contributed by atoms with Crippen LogP contribution < -0.4 is 5.32 Å². The summed E-state index contributed by atoms with van der Waals surface area (Å²) in [4.78, 5) is 29.3. The van der Waals surface area contributed by atoms with Crippen LogP contribution in [0.3, 0.4) is 0 Å². The van der Waals surface area contributed by atoms with Crippen molar-refractivity contribution in [2.45, 2.75) is 32.6 Å². The van der Waals surface area contributed by atoms with Gasteiger partial charge in [0.1, 0.15) is 23.9 Å². The molecule has 0 spiro atoms. The lowest BCUT2D eigenvalue weighted by molar-refractivity contribution is -0.142. The average Bonchev–Trinajstić information content (AvgIpc) is 3.59. The van der Waals surface area contributed by atoms with Crippen LogP contribution in [0.1, 0.15) is 28.5 Å². The molecule has 0 saturated carbocycles. The number of benzene rings is 3. The van der Waals surface area contributed by atoms with Crippen LogP contribution in [0.15, 0.2) is 102 Å². The number of hydrogen-bond acceptors (Lipinski definition) is 5. The lowest BCUT2D eigenvalue weighted by atomic mass is 9.98. The zero-order chi connectivity index (χ0) is 25.6. The highest BCUT2D eigenvalue weighted by molar-refractivity contribution is 5.89. The van der Waals surface area contributed by atoms with Crippen molar-refractivity contribution in [2.75, 3.05) is 0 Å². The quantitative estimate of drug-likeness (QED) is 0.328. The van der Waals surface area contributed by atoms with Crippen LogP contribution in [0.5, 0.6) is 0 Å². The van der Waals surface area contributed by atoms with Crippen molar-refractivity contribution >= 4 is 22.8 Å². The number of amides is 2. The van der Waals surface area contributed by atoms with Gasteiger partial charge >= 0.3 is 0 Å². The molecule has 2 aromatic heterocycles. The minimum Gasteiger partial charge on any atom is -0.467 e. The summed E-state index contributed by atoms with van der Waals surface area (Å²) in [6, 6.07) is 27.5. The SMILES string of the molecule is Cc1ccccc1[C@@H](C(=O)NCc1ccco1)N(Cc1ccccc1)C(=O)Cn1nnc2ccccc21. The number of carbonyl (C=O) groups is 2. The molecular weight excluding hydrogens is 466 g/mol. The van der Waals surface area contributed by atoms with Crippen molar-refractivity contribution < 1.29 is 14.0 Å². The molecule has 5 rings (SSSR count). The highest BCUT2D eigenvalue weighted by Gasteiger charge is 2.33. The summed E-state index contributed by atoms with van der Waals surface area (Å²) in [5, 5.41) is 11.3. The van der Waals surface area contributed by atoms with Crippen molar-refractivity contribution in [2.24, 2.45) is 0 Å². The maximum absolute atomic E-state index is 14.0. The standard InChI is InChI=1S/C29H27N5O3/c1-21-10-5-6-14-24(21)28(29(36)30-18-23-13-9-17-37-23)33(19-22-11-3-2-4-12-22)27(35)20-34-26-16-8-7-15-25(26)31-32-34/h2-17,28H,18-20H2,1H3,(H,30,36)/t28-/m0/s1. The highest BCUT2D eigenvalue weighted by atomic mass is 16.3. The first-order valence-corrected chi connectivity index (χ1v) is 12.1. The van der Waals surface area contributed by atoms with E-state index in [1.807, 2.05) is 85.8 Å². The van der Waals surface area contributed by atoms with Gasteiger partial charge in [-0.15, -0.1) is 5.10 Å². The molecule has 0 radical (unpaired) electrons. The molecule has 2 heterocycles. The first-order chi connectivity index (χ1) is 18.1. The summed E-state index contributed by atoms with van der Waals surface area (Å²) < 4.78 is 6.97. The number of carbonyl (C=O) groups excluding carboxylic acids is 2. The van der Waals surface area contributed by atoms with E-state index in [0.29, 0.717) is 11.3 Å². The van der Waals surface area contributed by atoms with Gasteiger partial charge in [-0.05, 0) is 47.9 Å². The smallest absolute Gasteiger partial charge is 0.247 e. The average molecular weight is 494 g/mol. The van der Waals surface area contributed by atoms with E-state index in [1.54, 1.807) is 28.0 Å². The Morgan fingerprint density at radius 1 is 0.946 bits per heavy atom.